The quantitative estimate of drug-likeness (QED) is 0.526. The maximum absolute atomic E-state index is 13.5. The van der Waals surface area contributed by atoms with E-state index in [1.165, 1.54) is 11.1 Å². The lowest BCUT2D eigenvalue weighted by molar-refractivity contribution is 0.0572. The number of aromatic nitrogens is 2. The number of fused-ring (bicyclic) bond motifs is 1. The average molecular weight is 467 g/mol. The first-order valence-corrected chi connectivity index (χ1v) is 11.8. The monoisotopic (exact) mass is 466 g/mol. The van der Waals surface area contributed by atoms with Crippen molar-refractivity contribution >= 4 is 23.1 Å². The van der Waals surface area contributed by atoms with E-state index in [2.05, 4.69) is 23.5 Å². The first-order valence-electron chi connectivity index (χ1n) is 11.4. The van der Waals surface area contributed by atoms with Gasteiger partial charge in [0.2, 0.25) is 0 Å². The number of hydrogen-bond donors (Lipinski definition) is 1. The lowest BCUT2D eigenvalue weighted by atomic mass is 10.1. The third-order valence-corrected chi connectivity index (χ3v) is 6.55. The third kappa shape index (κ3) is 4.37. The molecule has 0 aliphatic heterocycles. The molecule has 0 fully saturated rings. The van der Waals surface area contributed by atoms with Gasteiger partial charge in [0.05, 0.1) is 22.9 Å². The molecule has 4 rings (SSSR count). The van der Waals surface area contributed by atoms with Crippen molar-refractivity contribution in [1.82, 2.24) is 9.55 Å². The number of nitrogens with one attached hydrogen (secondary N) is 1. The fraction of sp³-hybridized carbons (Fsp3) is 0.385. The first kappa shape index (κ1) is 23.3. The number of ether oxygens (including phenoxy) is 1. The van der Waals surface area contributed by atoms with Crippen LogP contribution >= 0.6 is 11.6 Å². The summed E-state index contributed by atoms with van der Waals surface area (Å²) in [5.41, 5.74) is 5.04. The van der Waals surface area contributed by atoms with Crippen molar-refractivity contribution in [1.29, 1.82) is 0 Å². The summed E-state index contributed by atoms with van der Waals surface area (Å²) in [4.78, 5) is 20.2. The maximum Gasteiger partial charge on any atom is 0.278 e. The van der Waals surface area contributed by atoms with Crippen molar-refractivity contribution < 1.29 is 4.74 Å². The van der Waals surface area contributed by atoms with E-state index in [1.54, 1.807) is 4.57 Å². The molecule has 0 saturated heterocycles. The Morgan fingerprint density at radius 2 is 1.97 bits per heavy atom. The zero-order chi connectivity index (χ0) is 23.7. The van der Waals surface area contributed by atoms with Gasteiger partial charge in [-0.25, -0.2) is 4.98 Å². The zero-order valence-corrected chi connectivity index (χ0v) is 20.6. The Morgan fingerprint density at radius 3 is 2.64 bits per heavy atom. The Labute approximate surface area is 200 Å². The molecule has 1 unspecified atom stereocenters. The van der Waals surface area contributed by atoms with Gasteiger partial charge in [-0.3, -0.25) is 9.36 Å². The van der Waals surface area contributed by atoms with Crippen LogP contribution in [0.5, 0.6) is 0 Å². The zero-order valence-electron chi connectivity index (χ0n) is 19.9. The third-order valence-electron chi connectivity index (χ3n) is 6.24. The second-order valence-corrected chi connectivity index (χ2v) is 8.93. The van der Waals surface area contributed by atoms with Crippen LogP contribution in [0, 0.1) is 6.92 Å². The Hall–Kier alpha value is -2.83. The molecule has 0 amide bonds. The van der Waals surface area contributed by atoms with Crippen molar-refractivity contribution in [3.63, 3.8) is 0 Å². The molecule has 33 heavy (non-hydrogen) atoms. The number of nitrogens with zero attached hydrogens (tertiary/aromatic N) is 3. The maximum atomic E-state index is 13.5. The van der Waals surface area contributed by atoms with Crippen LogP contribution in [0.25, 0.3) is 11.3 Å². The highest BCUT2D eigenvalue weighted by Crippen LogP contribution is 2.37. The summed E-state index contributed by atoms with van der Waals surface area (Å²) in [5, 5.41) is 4.12. The molecule has 1 heterocycles. The molecule has 7 heteroatoms. The van der Waals surface area contributed by atoms with E-state index in [4.69, 9.17) is 21.3 Å². The molecule has 0 spiro atoms. The molecule has 174 valence electrons. The van der Waals surface area contributed by atoms with Gasteiger partial charge in [-0.05, 0) is 50.1 Å². The minimum absolute atomic E-state index is 0.0000861. The molecule has 3 aromatic rings. The van der Waals surface area contributed by atoms with Gasteiger partial charge in [-0.1, -0.05) is 35.9 Å². The van der Waals surface area contributed by atoms with Crippen molar-refractivity contribution in [2.45, 2.75) is 45.9 Å². The Balaban J connectivity index is 1.77. The van der Waals surface area contributed by atoms with E-state index in [0.29, 0.717) is 29.4 Å². The highest BCUT2D eigenvalue weighted by molar-refractivity contribution is 6.33. The number of halogens is 1. The molecular formula is C26H31ClN4O2. The summed E-state index contributed by atoms with van der Waals surface area (Å²) in [6.07, 6.45) is 0.844. The minimum Gasteiger partial charge on any atom is -0.378 e. The van der Waals surface area contributed by atoms with Gasteiger partial charge in [-0.15, -0.1) is 0 Å². The first-order chi connectivity index (χ1) is 15.8. The molecule has 1 N–H and O–H groups in total. The summed E-state index contributed by atoms with van der Waals surface area (Å²) in [6, 6.07) is 14.0. The van der Waals surface area contributed by atoms with Gasteiger partial charge in [0, 0.05) is 44.9 Å². The van der Waals surface area contributed by atoms with Crippen molar-refractivity contribution in [2.75, 3.05) is 30.9 Å². The smallest absolute Gasteiger partial charge is 0.278 e. The summed E-state index contributed by atoms with van der Waals surface area (Å²) in [5.74, 6) is 0.721. The molecule has 1 aliphatic rings. The normalized spacial score (nSPS) is 17.2. The van der Waals surface area contributed by atoms with Gasteiger partial charge < -0.3 is 15.0 Å². The number of aryl methyl sites for hydroxylation is 1. The standard InChI is InChI=1S/C26H31ClN4O2/c1-6-31-25(29-23-19-11-9-8-10-17(19)14-22(23)33-7-2)16(3)28-24(26(31)32)20-13-12-18(30(4)5)15-21(20)27/h8-13,15,22-23,29H,6-7,14H2,1-5H3/t22-,23?/m0/s1. The van der Waals surface area contributed by atoms with E-state index < -0.39 is 0 Å². The van der Waals surface area contributed by atoms with Crippen molar-refractivity contribution in [3.8, 4) is 11.3 Å². The van der Waals surface area contributed by atoms with Crippen LogP contribution in [0.15, 0.2) is 47.3 Å². The molecule has 0 radical (unpaired) electrons. The fourth-order valence-corrected chi connectivity index (χ4v) is 4.84. The second-order valence-electron chi connectivity index (χ2n) is 8.52. The van der Waals surface area contributed by atoms with Gasteiger partial charge in [-0.2, -0.15) is 0 Å². The highest BCUT2D eigenvalue weighted by atomic mass is 35.5. The van der Waals surface area contributed by atoms with Crippen LogP contribution in [-0.4, -0.2) is 36.4 Å². The lowest BCUT2D eigenvalue weighted by Gasteiger charge is -2.26. The predicted molar refractivity (Wildman–Crippen MR) is 136 cm³/mol. The molecule has 0 bridgehead atoms. The van der Waals surface area contributed by atoms with E-state index in [0.717, 1.165) is 23.6 Å². The molecular weight excluding hydrogens is 436 g/mol. The summed E-state index contributed by atoms with van der Waals surface area (Å²) >= 11 is 6.57. The van der Waals surface area contributed by atoms with Crippen LogP contribution in [0.1, 0.15) is 36.7 Å². The number of rotatable bonds is 7. The molecule has 6 nitrogen and oxygen atoms in total. The van der Waals surface area contributed by atoms with Gasteiger partial charge >= 0.3 is 0 Å². The molecule has 2 atom stereocenters. The van der Waals surface area contributed by atoms with Crippen molar-refractivity contribution in [2.24, 2.45) is 0 Å². The molecule has 2 aromatic carbocycles. The number of benzene rings is 2. The van der Waals surface area contributed by atoms with Crippen LogP contribution in [0.3, 0.4) is 0 Å². The summed E-state index contributed by atoms with van der Waals surface area (Å²) < 4.78 is 7.81. The average Bonchev–Trinajstić information content (AvgIpc) is 3.13. The van der Waals surface area contributed by atoms with Gasteiger partial charge in [0.25, 0.3) is 5.56 Å². The summed E-state index contributed by atoms with van der Waals surface area (Å²) in [7, 11) is 3.91. The topological polar surface area (TPSA) is 59.4 Å². The van der Waals surface area contributed by atoms with Crippen molar-refractivity contribution in [3.05, 3.63) is 74.7 Å². The summed E-state index contributed by atoms with van der Waals surface area (Å²) in [6.45, 7) is 7.05. The number of hydrogen-bond acceptors (Lipinski definition) is 5. The van der Waals surface area contributed by atoms with Crippen LogP contribution < -0.4 is 15.8 Å². The van der Waals surface area contributed by atoms with E-state index >= 15 is 0 Å². The lowest BCUT2D eigenvalue weighted by Crippen LogP contribution is -2.31. The fourth-order valence-electron chi connectivity index (χ4n) is 4.57. The molecule has 0 saturated carbocycles. The second kappa shape index (κ2) is 9.57. The van der Waals surface area contributed by atoms with Crippen LogP contribution in [0.2, 0.25) is 5.02 Å². The number of anilines is 2. The molecule has 1 aliphatic carbocycles. The Bertz CT molecular complexity index is 1220. The predicted octanol–water partition coefficient (Wildman–Crippen LogP) is 5.07. The largest absolute Gasteiger partial charge is 0.378 e. The Kier molecular flexibility index (Phi) is 6.77. The van der Waals surface area contributed by atoms with E-state index in [1.807, 2.05) is 64.0 Å². The highest BCUT2D eigenvalue weighted by Gasteiger charge is 2.34. The van der Waals surface area contributed by atoms with E-state index in [-0.39, 0.29) is 17.7 Å². The van der Waals surface area contributed by atoms with Crippen LogP contribution in [-0.2, 0) is 17.7 Å². The minimum atomic E-state index is -0.163. The van der Waals surface area contributed by atoms with Gasteiger partial charge in [0.15, 0.2) is 0 Å². The van der Waals surface area contributed by atoms with Gasteiger partial charge in [0.1, 0.15) is 11.5 Å². The van der Waals surface area contributed by atoms with E-state index in [9.17, 15) is 4.79 Å². The Morgan fingerprint density at radius 1 is 1.21 bits per heavy atom. The SMILES string of the molecule is CCO[C@H]1Cc2ccccc2C1Nc1c(C)nc(-c2ccc(N(C)C)cc2Cl)c(=O)n1CC. The van der Waals surface area contributed by atoms with Crippen LogP contribution in [0.4, 0.5) is 11.5 Å². The molecule has 1 aromatic heterocycles.